The average molecular weight is 385 g/mol. The van der Waals surface area contributed by atoms with E-state index >= 15 is 0 Å². The van der Waals surface area contributed by atoms with Crippen LogP contribution in [0.15, 0.2) is 30.5 Å². The van der Waals surface area contributed by atoms with E-state index in [2.05, 4.69) is 22.5 Å². The Kier molecular flexibility index (Phi) is 6.25. The third-order valence-corrected chi connectivity index (χ3v) is 3.82. The van der Waals surface area contributed by atoms with Crippen LogP contribution in [0.5, 0.6) is 11.5 Å². The molecule has 0 saturated heterocycles. The summed E-state index contributed by atoms with van der Waals surface area (Å²) >= 11 is 4.63. The van der Waals surface area contributed by atoms with Gasteiger partial charge in [-0.3, -0.25) is 0 Å². The normalized spacial score (nSPS) is 11.1. The summed E-state index contributed by atoms with van der Waals surface area (Å²) in [5, 5.41) is 2.01. The topological polar surface area (TPSA) is 69.4 Å². The molecular weight excluding hydrogens is 367 g/mol. The molecule has 5 nitrogen and oxygen atoms in total. The molecule has 140 valence electrons. The second-order valence-corrected chi connectivity index (χ2v) is 5.80. The van der Waals surface area contributed by atoms with Crippen LogP contribution in [0.4, 0.5) is 19.0 Å². The number of alkyl halides is 3. The molecule has 1 heterocycles. The number of aryl methyl sites for hydroxylation is 2. The quantitative estimate of drug-likeness (QED) is 0.741. The van der Waals surface area contributed by atoms with Gasteiger partial charge in [0.15, 0.2) is 5.11 Å². The minimum atomic E-state index is -4.60. The van der Waals surface area contributed by atoms with Gasteiger partial charge in [0.2, 0.25) is 0 Å². The van der Waals surface area contributed by atoms with Crippen LogP contribution < -0.4 is 20.5 Å². The lowest BCUT2D eigenvalue weighted by Gasteiger charge is -2.17. The molecule has 0 aliphatic carbocycles. The van der Waals surface area contributed by atoms with E-state index in [1.165, 1.54) is 26.5 Å². The molecule has 1 aromatic carbocycles. The molecule has 3 N–H and O–H groups in total. The molecule has 0 aliphatic rings. The van der Waals surface area contributed by atoms with Gasteiger partial charge in [-0.05, 0) is 60.5 Å². The number of hydrogen-bond acceptors (Lipinski definition) is 4. The van der Waals surface area contributed by atoms with E-state index in [0.29, 0.717) is 17.9 Å². The van der Waals surface area contributed by atoms with Crippen molar-refractivity contribution in [3.63, 3.8) is 0 Å². The lowest BCUT2D eigenvalue weighted by molar-refractivity contribution is -0.137. The van der Waals surface area contributed by atoms with Crippen LogP contribution in [-0.4, -0.2) is 24.3 Å². The van der Waals surface area contributed by atoms with Crippen molar-refractivity contribution in [1.82, 2.24) is 4.98 Å². The minimum absolute atomic E-state index is 0.0797. The zero-order valence-electron chi connectivity index (χ0n) is 14.2. The number of pyridine rings is 1. The van der Waals surface area contributed by atoms with Gasteiger partial charge in [0.1, 0.15) is 22.9 Å². The minimum Gasteiger partial charge on any atom is -0.497 e. The molecule has 2 rings (SSSR count). The number of nitrogens with two attached hydrogens (primary N) is 1. The highest BCUT2D eigenvalue weighted by Crippen LogP contribution is 2.37. The second-order valence-electron chi connectivity index (χ2n) is 5.36. The van der Waals surface area contributed by atoms with E-state index < -0.39 is 17.6 Å². The van der Waals surface area contributed by atoms with Gasteiger partial charge in [-0.15, -0.1) is 0 Å². The van der Waals surface area contributed by atoms with Crippen LogP contribution >= 0.6 is 12.2 Å². The number of hydrogen-bond donors (Lipinski definition) is 2. The number of methoxy groups -OCH3 is 2. The first-order valence-electron chi connectivity index (χ1n) is 7.58. The number of anilines is 1. The Morgan fingerprint density at radius 2 is 1.85 bits per heavy atom. The Balaban J connectivity index is 2.37. The molecule has 0 bridgehead atoms. The lowest BCUT2D eigenvalue weighted by Crippen LogP contribution is -2.23. The highest BCUT2D eigenvalue weighted by Gasteiger charge is 2.37. The van der Waals surface area contributed by atoms with Crippen LogP contribution in [0.3, 0.4) is 0 Å². The first-order chi connectivity index (χ1) is 12.3. The first kappa shape index (κ1) is 19.8. The van der Waals surface area contributed by atoms with Gasteiger partial charge in [0.25, 0.3) is 0 Å². The van der Waals surface area contributed by atoms with E-state index in [4.69, 9.17) is 15.2 Å². The Morgan fingerprint density at radius 1 is 1.15 bits per heavy atom. The standard InChI is InChI=1S/C17H18F3N3O2S/c1-24-12-5-6-13(25-2)11(9-12)4-3-10-7-8-22-15(23-16(21)26)14(10)17(18,19)20/h5-9H,3-4H2,1-2H3,(H3,21,22,23,26). The zero-order chi connectivity index (χ0) is 19.3. The van der Waals surface area contributed by atoms with Crippen molar-refractivity contribution in [2.75, 3.05) is 19.5 Å². The van der Waals surface area contributed by atoms with Crippen molar-refractivity contribution in [3.8, 4) is 11.5 Å². The molecule has 2 aromatic rings. The number of aromatic nitrogens is 1. The fraction of sp³-hybridized carbons (Fsp3) is 0.294. The Bertz CT molecular complexity index is 797. The van der Waals surface area contributed by atoms with Crippen LogP contribution in [0, 0.1) is 0 Å². The van der Waals surface area contributed by atoms with Crippen LogP contribution in [0.2, 0.25) is 0 Å². The van der Waals surface area contributed by atoms with Crippen molar-refractivity contribution < 1.29 is 22.6 Å². The van der Waals surface area contributed by atoms with Crippen molar-refractivity contribution in [2.45, 2.75) is 19.0 Å². The molecule has 9 heteroatoms. The number of halogens is 3. The third-order valence-electron chi connectivity index (χ3n) is 3.71. The van der Waals surface area contributed by atoms with E-state index in [9.17, 15) is 13.2 Å². The van der Waals surface area contributed by atoms with E-state index in [-0.39, 0.29) is 17.1 Å². The summed E-state index contributed by atoms with van der Waals surface area (Å²) in [5.41, 5.74) is 5.24. The molecule has 0 radical (unpaired) electrons. The highest BCUT2D eigenvalue weighted by atomic mass is 32.1. The van der Waals surface area contributed by atoms with Gasteiger partial charge in [-0.2, -0.15) is 13.2 Å². The molecule has 0 fully saturated rings. The smallest absolute Gasteiger partial charge is 0.420 e. The number of nitrogens with zero attached hydrogens (tertiary/aromatic N) is 1. The number of rotatable bonds is 6. The summed E-state index contributed by atoms with van der Waals surface area (Å²) in [4.78, 5) is 3.72. The fourth-order valence-electron chi connectivity index (χ4n) is 2.58. The van der Waals surface area contributed by atoms with Crippen LogP contribution in [-0.2, 0) is 19.0 Å². The maximum absolute atomic E-state index is 13.5. The highest BCUT2D eigenvalue weighted by molar-refractivity contribution is 7.80. The van der Waals surface area contributed by atoms with Gasteiger partial charge in [-0.1, -0.05) is 0 Å². The SMILES string of the molecule is COc1ccc(OC)c(CCc2ccnc(NC(N)=S)c2C(F)(F)F)c1. The molecule has 0 spiro atoms. The Hall–Kier alpha value is -2.55. The average Bonchev–Trinajstić information content (AvgIpc) is 2.58. The summed E-state index contributed by atoms with van der Waals surface area (Å²) in [5.74, 6) is 0.775. The number of ether oxygens (including phenoxy) is 2. The first-order valence-corrected chi connectivity index (χ1v) is 7.99. The summed E-state index contributed by atoms with van der Waals surface area (Å²) in [6, 6.07) is 6.51. The van der Waals surface area contributed by atoms with E-state index in [1.807, 2.05) is 0 Å². The third kappa shape index (κ3) is 4.75. The summed E-state index contributed by atoms with van der Waals surface area (Å²) < 4.78 is 51.1. The summed E-state index contributed by atoms with van der Waals surface area (Å²) in [6.45, 7) is 0. The number of nitrogens with one attached hydrogen (secondary N) is 1. The van der Waals surface area contributed by atoms with Gasteiger partial charge in [-0.25, -0.2) is 4.98 Å². The second kappa shape index (κ2) is 8.22. The van der Waals surface area contributed by atoms with Crippen LogP contribution in [0.1, 0.15) is 16.7 Å². The molecule has 0 atom stereocenters. The molecule has 0 unspecified atom stereocenters. The number of benzene rings is 1. The van der Waals surface area contributed by atoms with Crippen molar-refractivity contribution in [3.05, 3.63) is 47.2 Å². The van der Waals surface area contributed by atoms with Gasteiger partial charge < -0.3 is 20.5 Å². The molecule has 0 aliphatic heterocycles. The molecule has 1 aromatic heterocycles. The fourth-order valence-corrected chi connectivity index (χ4v) is 2.68. The van der Waals surface area contributed by atoms with Gasteiger partial charge in [0, 0.05) is 6.20 Å². The largest absolute Gasteiger partial charge is 0.497 e. The Morgan fingerprint density at radius 3 is 2.42 bits per heavy atom. The van der Waals surface area contributed by atoms with Gasteiger partial charge in [0.05, 0.1) is 14.2 Å². The monoisotopic (exact) mass is 385 g/mol. The molecule has 0 amide bonds. The van der Waals surface area contributed by atoms with E-state index in [1.54, 1.807) is 18.2 Å². The van der Waals surface area contributed by atoms with E-state index in [0.717, 1.165) is 5.56 Å². The summed E-state index contributed by atoms with van der Waals surface area (Å²) in [6.07, 6.45) is -2.88. The number of thiocarbonyl (C=S) groups is 1. The Labute approximate surface area is 154 Å². The zero-order valence-corrected chi connectivity index (χ0v) is 15.0. The van der Waals surface area contributed by atoms with Gasteiger partial charge >= 0.3 is 6.18 Å². The molecule has 26 heavy (non-hydrogen) atoms. The molecular formula is C17H18F3N3O2S. The van der Waals surface area contributed by atoms with Crippen molar-refractivity contribution in [2.24, 2.45) is 5.73 Å². The van der Waals surface area contributed by atoms with Crippen LogP contribution in [0.25, 0.3) is 0 Å². The summed E-state index contributed by atoms with van der Waals surface area (Å²) in [7, 11) is 3.02. The van der Waals surface area contributed by atoms with Crippen molar-refractivity contribution in [1.29, 1.82) is 0 Å². The maximum atomic E-state index is 13.5. The molecule has 0 saturated carbocycles. The maximum Gasteiger partial charge on any atom is 0.420 e. The predicted molar refractivity (Wildman–Crippen MR) is 96.6 cm³/mol. The predicted octanol–water partition coefficient (Wildman–Crippen LogP) is 3.56. The van der Waals surface area contributed by atoms with Crippen molar-refractivity contribution >= 4 is 23.1 Å². The lowest BCUT2D eigenvalue weighted by atomic mass is 9.99.